The first-order valence-corrected chi connectivity index (χ1v) is 9.65. The Balaban J connectivity index is 1.95. The van der Waals surface area contributed by atoms with E-state index in [1.54, 1.807) is 0 Å². The van der Waals surface area contributed by atoms with Gasteiger partial charge in [0, 0.05) is 38.1 Å². The summed E-state index contributed by atoms with van der Waals surface area (Å²) in [6.07, 6.45) is 5.07. The number of hydrogen-bond acceptors (Lipinski definition) is 8. The number of rotatable bonds is 18. The van der Waals surface area contributed by atoms with E-state index in [2.05, 4.69) is 6.58 Å². The van der Waals surface area contributed by atoms with Gasteiger partial charge >= 0.3 is 0 Å². The van der Waals surface area contributed by atoms with Crippen LogP contribution in [0.25, 0.3) is 0 Å². The molecule has 9 heteroatoms. The maximum atomic E-state index is 11.8. The fraction of sp³-hybridized carbons (Fsp3) is 0.600. The minimum absolute atomic E-state index is 0.0317. The van der Waals surface area contributed by atoms with Crippen LogP contribution in [0, 0.1) is 0 Å². The van der Waals surface area contributed by atoms with Gasteiger partial charge in [-0.15, -0.1) is 0 Å². The van der Waals surface area contributed by atoms with Crippen LogP contribution in [-0.4, -0.2) is 80.5 Å². The van der Waals surface area contributed by atoms with Gasteiger partial charge in [0.25, 0.3) is 11.8 Å². The lowest BCUT2D eigenvalue weighted by Crippen LogP contribution is -2.33. The van der Waals surface area contributed by atoms with E-state index in [4.69, 9.17) is 19.9 Å². The number of ether oxygens (including phenoxy) is 3. The van der Waals surface area contributed by atoms with Gasteiger partial charge in [-0.3, -0.25) is 24.1 Å². The van der Waals surface area contributed by atoms with E-state index in [0.29, 0.717) is 45.5 Å². The average Bonchev–Trinajstić information content (AvgIpc) is 3.04. The summed E-state index contributed by atoms with van der Waals surface area (Å²) >= 11 is 0. The SMILES string of the molecule is C=CC(=O)CCC(CN)OCC(=O)CCCOCCOCCN1C(=O)C=CC1=O. The molecule has 2 amide bonds. The summed E-state index contributed by atoms with van der Waals surface area (Å²) in [7, 11) is 0. The molecule has 1 atom stereocenters. The molecule has 1 aliphatic rings. The van der Waals surface area contributed by atoms with E-state index in [-0.39, 0.29) is 55.8 Å². The summed E-state index contributed by atoms with van der Waals surface area (Å²) in [5.74, 6) is -0.778. The number of nitrogens with two attached hydrogens (primary N) is 1. The number of allylic oxidation sites excluding steroid dienone is 1. The fourth-order valence-corrected chi connectivity index (χ4v) is 2.46. The highest BCUT2D eigenvalue weighted by Gasteiger charge is 2.22. The van der Waals surface area contributed by atoms with Crippen LogP contribution in [-0.2, 0) is 33.4 Å². The molecule has 1 heterocycles. The van der Waals surface area contributed by atoms with Crippen molar-refractivity contribution in [3.8, 4) is 0 Å². The highest BCUT2D eigenvalue weighted by Crippen LogP contribution is 2.04. The zero-order valence-electron chi connectivity index (χ0n) is 16.7. The van der Waals surface area contributed by atoms with Gasteiger partial charge in [-0.2, -0.15) is 0 Å². The molecule has 0 spiro atoms. The summed E-state index contributed by atoms with van der Waals surface area (Å²) in [4.78, 5) is 46.8. The zero-order chi connectivity index (χ0) is 21.5. The van der Waals surface area contributed by atoms with Crippen molar-refractivity contribution >= 4 is 23.4 Å². The Kier molecular flexibility index (Phi) is 12.6. The molecule has 162 valence electrons. The lowest BCUT2D eigenvalue weighted by Gasteiger charge is -2.14. The van der Waals surface area contributed by atoms with Crippen LogP contribution in [0.3, 0.4) is 0 Å². The normalized spacial score (nSPS) is 14.4. The third kappa shape index (κ3) is 10.8. The Labute approximate surface area is 170 Å². The maximum absolute atomic E-state index is 11.8. The Morgan fingerprint density at radius 2 is 1.72 bits per heavy atom. The van der Waals surface area contributed by atoms with E-state index in [0.717, 1.165) is 4.90 Å². The standard InChI is InChI=1S/C20H30N2O7/c1-2-16(23)5-6-18(14-21)29-15-17(24)4-3-10-27-12-13-28-11-9-22-19(25)7-8-20(22)26/h2,7-8,18H,1,3-6,9-15,21H2. The number of nitrogens with zero attached hydrogens (tertiary/aromatic N) is 1. The van der Waals surface area contributed by atoms with Crippen LogP contribution >= 0.6 is 0 Å². The van der Waals surface area contributed by atoms with Crippen molar-refractivity contribution in [3.05, 3.63) is 24.8 Å². The number of carbonyl (C=O) groups excluding carboxylic acids is 4. The van der Waals surface area contributed by atoms with Crippen molar-refractivity contribution in [2.75, 3.05) is 46.1 Å². The van der Waals surface area contributed by atoms with Crippen LogP contribution in [0.5, 0.6) is 0 Å². The van der Waals surface area contributed by atoms with Crippen molar-refractivity contribution in [1.29, 1.82) is 0 Å². The summed E-state index contributed by atoms with van der Waals surface area (Å²) in [5, 5.41) is 0. The predicted octanol–water partition coefficient (Wildman–Crippen LogP) is 0.173. The quantitative estimate of drug-likeness (QED) is 0.193. The van der Waals surface area contributed by atoms with Crippen LogP contribution in [0.15, 0.2) is 24.8 Å². The molecular formula is C20H30N2O7. The van der Waals surface area contributed by atoms with Crippen molar-refractivity contribution < 1.29 is 33.4 Å². The van der Waals surface area contributed by atoms with E-state index >= 15 is 0 Å². The Hall–Kier alpha value is -2.20. The van der Waals surface area contributed by atoms with Crippen molar-refractivity contribution in [2.24, 2.45) is 5.73 Å². The first kappa shape index (κ1) is 24.8. The second-order valence-electron chi connectivity index (χ2n) is 6.41. The summed E-state index contributed by atoms with van der Waals surface area (Å²) in [6.45, 7) is 5.19. The molecule has 0 saturated carbocycles. The van der Waals surface area contributed by atoms with E-state index in [9.17, 15) is 19.2 Å². The molecule has 1 unspecified atom stereocenters. The molecule has 0 radical (unpaired) electrons. The second kappa shape index (κ2) is 14.7. The number of Topliss-reactive ketones (excluding diaryl/α,β-unsaturated/α-hetero) is 1. The molecule has 1 aliphatic heterocycles. The molecule has 2 N–H and O–H groups in total. The molecule has 9 nitrogen and oxygen atoms in total. The fourth-order valence-electron chi connectivity index (χ4n) is 2.46. The molecule has 0 bridgehead atoms. The highest BCUT2D eigenvalue weighted by molar-refractivity contribution is 6.12. The summed E-state index contributed by atoms with van der Waals surface area (Å²) in [6, 6.07) is 0. The highest BCUT2D eigenvalue weighted by atomic mass is 16.5. The largest absolute Gasteiger partial charge is 0.379 e. The van der Waals surface area contributed by atoms with Gasteiger partial charge in [0.15, 0.2) is 11.6 Å². The van der Waals surface area contributed by atoms with Gasteiger partial charge in [0.1, 0.15) is 6.61 Å². The lowest BCUT2D eigenvalue weighted by atomic mass is 10.1. The second-order valence-corrected chi connectivity index (χ2v) is 6.41. The van der Waals surface area contributed by atoms with E-state index in [1.165, 1.54) is 18.2 Å². The number of amides is 2. The Morgan fingerprint density at radius 1 is 1.07 bits per heavy atom. The van der Waals surface area contributed by atoms with E-state index < -0.39 is 0 Å². The molecular weight excluding hydrogens is 380 g/mol. The van der Waals surface area contributed by atoms with Crippen molar-refractivity contribution in [2.45, 2.75) is 31.8 Å². The lowest BCUT2D eigenvalue weighted by molar-refractivity contribution is -0.137. The monoisotopic (exact) mass is 410 g/mol. The maximum Gasteiger partial charge on any atom is 0.253 e. The van der Waals surface area contributed by atoms with Crippen molar-refractivity contribution in [1.82, 2.24) is 4.90 Å². The Morgan fingerprint density at radius 3 is 2.34 bits per heavy atom. The zero-order valence-corrected chi connectivity index (χ0v) is 16.7. The molecule has 0 saturated heterocycles. The van der Waals surface area contributed by atoms with Gasteiger partial charge < -0.3 is 19.9 Å². The minimum atomic E-state index is -0.327. The van der Waals surface area contributed by atoms with Crippen LogP contribution in [0.1, 0.15) is 25.7 Å². The number of imide groups is 1. The smallest absolute Gasteiger partial charge is 0.253 e. The summed E-state index contributed by atoms with van der Waals surface area (Å²) in [5.41, 5.74) is 5.58. The third-order valence-corrected chi connectivity index (χ3v) is 4.16. The first-order valence-electron chi connectivity index (χ1n) is 9.65. The average molecular weight is 410 g/mol. The van der Waals surface area contributed by atoms with Crippen LogP contribution in [0.2, 0.25) is 0 Å². The minimum Gasteiger partial charge on any atom is -0.379 e. The number of carbonyl (C=O) groups is 4. The number of ketones is 2. The van der Waals surface area contributed by atoms with E-state index in [1.807, 2.05) is 0 Å². The third-order valence-electron chi connectivity index (χ3n) is 4.16. The molecule has 0 aliphatic carbocycles. The molecule has 0 aromatic heterocycles. The van der Waals surface area contributed by atoms with Crippen LogP contribution < -0.4 is 5.73 Å². The van der Waals surface area contributed by atoms with Gasteiger partial charge in [0.05, 0.1) is 32.5 Å². The molecule has 0 aromatic rings. The van der Waals surface area contributed by atoms with Crippen molar-refractivity contribution in [3.63, 3.8) is 0 Å². The van der Waals surface area contributed by atoms with Gasteiger partial charge in [-0.05, 0) is 18.9 Å². The molecule has 0 fully saturated rings. The topological polar surface area (TPSA) is 125 Å². The molecule has 1 rings (SSSR count). The summed E-state index contributed by atoms with van der Waals surface area (Å²) < 4.78 is 16.1. The number of hydrogen-bond donors (Lipinski definition) is 1. The van der Waals surface area contributed by atoms with Crippen LogP contribution in [0.4, 0.5) is 0 Å². The van der Waals surface area contributed by atoms with Gasteiger partial charge in [0.2, 0.25) is 0 Å². The van der Waals surface area contributed by atoms with Gasteiger partial charge in [-0.25, -0.2) is 0 Å². The Bertz CT molecular complexity index is 586. The van der Waals surface area contributed by atoms with Gasteiger partial charge in [-0.1, -0.05) is 6.58 Å². The predicted molar refractivity (Wildman–Crippen MR) is 105 cm³/mol. The first-order chi connectivity index (χ1) is 14.0. The molecule has 0 aromatic carbocycles. The molecule has 29 heavy (non-hydrogen) atoms.